The predicted octanol–water partition coefficient (Wildman–Crippen LogP) is 4.30. The lowest BCUT2D eigenvalue weighted by Crippen LogP contribution is -2.21. The molecule has 36 heavy (non-hydrogen) atoms. The summed E-state index contributed by atoms with van der Waals surface area (Å²) in [5, 5.41) is 18.0. The van der Waals surface area contributed by atoms with Crippen LogP contribution in [0.2, 0.25) is 0 Å². The maximum absolute atomic E-state index is 12.3. The summed E-state index contributed by atoms with van der Waals surface area (Å²) in [4.78, 5) is 16.4. The molecule has 0 fully saturated rings. The third kappa shape index (κ3) is 8.61. The summed E-state index contributed by atoms with van der Waals surface area (Å²) >= 11 is 1.30. The number of unbranched alkanes of at least 4 members (excludes halogenated alkanes) is 3. The van der Waals surface area contributed by atoms with Crippen molar-refractivity contribution in [2.24, 2.45) is 0 Å². The second-order valence-electron chi connectivity index (χ2n) is 8.13. The number of nitrogens with zero attached hydrogens (tertiary/aromatic N) is 1. The molecule has 0 saturated carbocycles. The van der Waals surface area contributed by atoms with Crippen LogP contribution in [0.4, 0.5) is 16.5 Å². The number of aromatic hydroxyl groups is 1. The summed E-state index contributed by atoms with van der Waals surface area (Å²) in [7, 11) is -2.37. The van der Waals surface area contributed by atoms with Crippen LogP contribution < -0.4 is 21.1 Å². The van der Waals surface area contributed by atoms with Crippen LogP contribution in [0.5, 0.6) is 5.75 Å². The van der Waals surface area contributed by atoms with E-state index in [4.69, 9.17) is 5.73 Å². The molecule has 1 atom stereocenters. The number of carbonyl (C=O) groups is 1. The molecule has 0 aliphatic heterocycles. The summed E-state index contributed by atoms with van der Waals surface area (Å²) in [5.74, 6) is 9.65. The lowest BCUT2D eigenvalue weighted by molar-refractivity contribution is -0.116. The standard InChI is InChI=1S/C26H31N5O3S2/c1-3-36(2,34)29-15-7-5-4-6-13-24(33)30-21-12-8-11-20(18-21)28-14-9-10-19-16-22(32)25-23(17-19)35-26(27)31-25/h3,8,11-12,16-18,28,32H,1-2,4-7,13-15H2,(H2,27,31)(H,29,34)(H,30,33). The Balaban J connectivity index is 1.39. The van der Waals surface area contributed by atoms with Crippen LogP contribution in [-0.2, 0) is 14.5 Å². The highest BCUT2D eigenvalue weighted by Gasteiger charge is 2.07. The number of amides is 1. The smallest absolute Gasteiger partial charge is 0.224 e. The number of hydrogen-bond acceptors (Lipinski definition) is 7. The maximum Gasteiger partial charge on any atom is 0.224 e. The fourth-order valence-electron chi connectivity index (χ4n) is 3.39. The van der Waals surface area contributed by atoms with Gasteiger partial charge in [0.25, 0.3) is 0 Å². The molecular formula is C26H31N5O3S2. The number of phenolic OH excluding ortho intramolecular Hbond substituents is 1. The van der Waals surface area contributed by atoms with E-state index in [-0.39, 0.29) is 11.7 Å². The van der Waals surface area contributed by atoms with E-state index in [9.17, 15) is 14.1 Å². The van der Waals surface area contributed by atoms with Crippen molar-refractivity contribution in [1.29, 1.82) is 0 Å². The number of nitrogen functional groups attached to an aromatic ring is 1. The minimum absolute atomic E-state index is 0.0311. The zero-order valence-corrected chi connectivity index (χ0v) is 21.6. The second kappa shape index (κ2) is 13.0. The third-order valence-electron chi connectivity index (χ3n) is 5.20. The van der Waals surface area contributed by atoms with Crippen LogP contribution in [0.25, 0.3) is 10.2 Å². The molecule has 6 N–H and O–H groups in total. The van der Waals surface area contributed by atoms with Gasteiger partial charge in [0, 0.05) is 45.0 Å². The van der Waals surface area contributed by atoms with Crippen molar-refractivity contribution >= 4 is 59.5 Å². The molecule has 0 spiro atoms. The van der Waals surface area contributed by atoms with Gasteiger partial charge >= 0.3 is 0 Å². The van der Waals surface area contributed by atoms with Gasteiger partial charge < -0.3 is 21.5 Å². The van der Waals surface area contributed by atoms with Gasteiger partial charge in [0.2, 0.25) is 5.91 Å². The van der Waals surface area contributed by atoms with Gasteiger partial charge in [-0.05, 0) is 49.0 Å². The number of rotatable bonds is 12. The largest absolute Gasteiger partial charge is 0.506 e. The Bertz CT molecular complexity index is 1390. The van der Waals surface area contributed by atoms with Crippen LogP contribution in [0, 0.1) is 11.8 Å². The highest BCUT2D eigenvalue weighted by Crippen LogP contribution is 2.31. The number of anilines is 3. The molecule has 2 aromatic carbocycles. The number of aromatic nitrogens is 1. The van der Waals surface area contributed by atoms with E-state index in [1.54, 1.807) is 6.07 Å². The maximum atomic E-state index is 12.3. The fourth-order valence-corrected chi connectivity index (χ4v) is 4.79. The first kappa shape index (κ1) is 27.1. The van der Waals surface area contributed by atoms with E-state index in [1.807, 2.05) is 30.3 Å². The summed E-state index contributed by atoms with van der Waals surface area (Å²) in [6.45, 7) is 4.50. The molecule has 3 rings (SSSR count). The van der Waals surface area contributed by atoms with Crippen LogP contribution in [-0.4, -0.2) is 39.2 Å². The molecule has 1 unspecified atom stereocenters. The van der Waals surface area contributed by atoms with Gasteiger partial charge in [-0.25, -0.2) is 13.9 Å². The molecule has 0 radical (unpaired) electrons. The van der Waals surface area contributed by atoms with E-state index in [1.165, 1.54) is 16.7 Å². The molecule has 0 aliphatic rings. The van der Waals surface area contributed by atoms with Crippen LogP contribution in [0.1, 0.15) is 37.7 Å². The second-order valence-corrected chi connectivity index (χ2v) is 11.3. The lowest BCUT2D eigenvalue weighted by Gasteiger charge is -2.08. The molecule has 8 nitrogen and oxygen atoms in total. The number of fused-ring (bicyclic) bond motifs is 1. The van der Waals surface area contributed by atoms with Gasteiger partial charge in [0.15, 0.2) is 5.13 Å². The molecular weight excluding hydrogens is 494 g/mol. The Labute approximate surface area is 216 Å². The Morgan fingerprint density at radius 1 is 1.19 bits per heavy atom. The van der Waals surface area contributed by atoms with E-state index in [2.05, 4.69) is 44.6 Å². The third-order valence-corrected chi connectivity index (χ3v) is 7.26. The van der Waals surface area contributed by atoms with Crippen molar-refractivity contribution in [3.8, 4) is 17.6 Å². The van der Waals surface area contributed by atoms with Crippen molar-refractivity contribution in [2.45, 2.75) is 32.1 Å². The molecule has 1 aromatic heterocycles. The Morgan fingerprint density at radius 2 is 1.97 bits per heavy atom. The van der Waals surface area contributed by atoms with Gasteiger partial charge in [-0.2, -0.15) is 0 Å². The number of nitrogens with two attached hydrogens (primary N) is 1. The van der Waals surface area contributed by atoms with Crippen molar-refractivity contribution < 1.29 is 14.1 Å². The Hall–Kier alpha value is -3.52. The van der Waals surface area contributed by atoms with Gasteiger partial charge in [-0.15, -0.1) is 0 Å². The van der Waals surface area contributed by atoms with Gasteiger partial charge in [-0.1, -0.05) is 48.7 Å². The zero-order chi connectivity index (χ0) is 26.0. The topological polar surface area (TPSA) is 129 Å². The van der Waals surface area contributed by atoms with Crippen molar-refractivity contribution in [2.75, 3.05) is 29.5 Å². The molecule has 1 amide bonds. The Kier molecular flexibility index (Phi) is 9.76. The van der Waals surface area contributed by atoms with E-state index in [0.29, 0.717) is 35.7 Å². The highest BCUT2D eigenvalue weighted by molar-refractivity contribution is 8.01. The summed E-state index contributed by atoms with van der Waals surface area (Å²) in [6.07, 6.45) is 3.96. The SMILES string of the molecule is C=CS(=C)(=O)NCCCCCCC(=O)Nc1cccc(NCC#Cc2cc(O)c3nc(N)sc3c2)c1. The average molecular weight is 526 g/mol. The van der Waals surface area contributed by atoms with Gasteiger partial charge in [-0.3, -0.25) is 4.79 Å². The van der Waals surface area contributed by atoms with Crippen molar-refractivity contribution in [1.82, 2.24) is 9.71 Å². The molecule has 3 aromatic rings. The minimum Gasteiger partial charge on any atom is -0.506 e. The monoisotopic (exact) mass is 525 g/mol. The quantitative estimate of drug-likeness (QED) is 0.136. The fraction of sp³-hybridized carbons (Fsp3) is 0.269. The predicted molar refractivity (Wildman–Crippen MR) is 153 cm³/mol. The number of hydrogen-bond donors (Lipinski definition) is 5. The molecule has 0 bridgehead atoms. The molecule has 1 heterocycles. The number of thiazole rings is 1. The first-order valence-electron chi connectivity index (χ1n) is 11.5. The number of nitrogens with one attached hydrogen (secondary N) is 3. The average Bonchev–Trinajstić information content (AvgIpc) is 3.22. The molecule has 0 aliphatic carbocycles. The molecule has 10 heteroatoms. The summed E-state index contributed by atoms with van der Waals surface area (Å²) in [6, 6.07) is 10.9. The highest BCUT2D eigenvalue weighted by atomic mass is 32.2. The van der Waals surface area contributed by atoms with E-state index in [0.717, 1.165) is 41.8 Å². The molecule has 190 valence electrons. The van der Waals surface area contributed by atoms with Gasteiger partial charge in [0.05, 0.1) is 11.2 Å². The zero-order valence-electron chi connectivity index (χ0n) is 20.0. The lowest BCUT2D eigenvalue weighted by atomic mass is 10.1. The van der Waals surface area contributed by atoms with Crippen LogP contribution in [0.15, 0.2) is 48.4 Å². The normalized spacial score (nSPS) is 12.3. The molecule has 0 saturated heterocycles. The number of benzene rings is 2. The first-order chi connectivity index (χ1) is 17.3. The van der Waals surface area contributed by atoms with E-state index >= 15 is 0 Å². The van der Waals surface area contributed by atoms with Crippen molar-refractivity contribution in [3.63, 3.8) is 0 Å². The first-order valence-corrected chi connectivity index (χ1v) is 14.1. The minimum atomic E-state index is -2.37. The van der Waals surface area contributed by atoms with Crippen molar-refractivity contribution in [3.05, 3.63) is 53.9 Å². The number of carbonyl (C=O) groups excluding carboxylic acids is 1. The summed E-state index contributed by atoms with van der Waals surface area (Å²) in [5.41, 5.74) is 8.44. The summed E-state index contributed by atoms with van der Waals surface area (Å²) < 4.78 is 15.4. The van der Waals surface area contributed by atoms with Crippen LogP contribution >= 0.6 is 11.3 Å². The van der Waals surface area contributed by atoms with E-state index < -0.39 is 9.71 Å². The van der Waals surface area contributed by atoms with Crippen LogP contribution in [0.3, 0.4) is 0 Å². The Morgan fingerprint density at radius 3 is 2.78 bits per heavy atom. The van der Waals surface area contributed by atoms with Gasteiger partial charge in [0.1, 0.15) is 11.3 Å². The number of phenols is 1.